The van der Waals surface area contributed by atoms with Crippen molar-refractivity contribution in [3.8, 4) is 0 Å². The number of aryl methyl sites for hydroxylation is 1. The lowest BCUT2D eigenvalue weighted by Gasteiger charge is -2.02. The van der Waals surface area contributed by atoms with Crippen molar-refractivity contribution >= 4 is 21.8 Å². The molecular formula is C11H10BrN3O2. The van der Waals surface area contributed by atoms with E-state index >= 15 is 0 Å². The van der Waals surface area contributed by atoms with Gasteiger partial charge in [-0.25, -0.2) is 9.97 Å². The molecule has 2 aromatic rings. The van der Waals surface area contributed by atoms with Gasteiger partial charge >= 0.3 is 0 Å². The Morgan fingerprint density at radius 3 is 2.82 bits per heavy atom. The first-order valence-electron chi connectivity index (χ1n) is 4.96. The van der Waals surface area contributed by atoms with Crippen LogP contribution in [0.1, 0.15) is 22.0 Å². The van der Waals surface area contributed by atoms with Crippen molar-refractivity contribution in [2.45, 2.75) is 13.5 Å². The van der Waals surface area contributed by atoms with E-state index in [1.165, 1.54) is 6.20 Å². The van der Waals surface area contributed by atoms with Crippen LogP contribution >= 0.6 is 15.9 Å². The summed E-state index contributed by atoms with van der Waals surface area (Å²) in [6.07, 6.45) is 3.11. The first-order valence-corrected chi connectivity index (χ1v) is 5.75. The Bertz CT molecular complexity index is 522. The van der Waals surface area contributed by atoms with E-state index in [0.717, 1.165) is 5.76 Å². The highest BCUT2D eigenvalue weighted by molar-refractivity contribution is 9.10. The number of carbonyl (C=O) groups is 1. The van der Waals surface area contributed by atoms with Gasteiger partial charge in [0.05, 0.1) is 18.3 Å². The van der Waals surface area contributed by atoms with Crippen LogP contribution in [-0.2, 0) is 6.54 Å². The molecule has 17 heavy (non-hydrogen) atoms. The Kier molecular flexibility index (Phi) is 3.53. The van der Waals surface area contributed by atoms with Crippen LogP contribution in [0.4, 0.5) is 0 Å². The lowest BCUT2D eigenvalue weighted by molar-refractivity contribution is 0.0946. The highest BCUT2D eigenvalue weighted by Crippen LogP contribution is 2.06. The molecule has 0 aliphatic carbocycles. The van der Waals surface area contributed by atoms with E-state index in [0.29, 0.717) is 16.1 Å². The van der Waals surface area contributed by atoms with Crippen LogP contribution in [0.15, 0.2) is 33.5 Å². The van der Waals surface area contributed by atoms with Gasteiger partial charge in [-0.05, 0) is 35.0 Å². The summed E-state index contributed by atoms with van der Waals surface area (Å²) in [4.78, 5) is 19.7. The number of oxazole rings is 1. The maximum Gasteiger partial charge on any atom is 0.253 e. The van der Waals surface area contributed by atoms with Crippen molar-refractivity contribution in [2.75, 3.05) is 0 Å². The van der Waals surface area contributed by atoms with Crippen molar-refractivity contribution in [3.63, 3.8) is 0 Å². The third-order valence-electron chi connectivity index (χ3n) is 2.06. The van der Waals surface area contributed by atoms with Crippen LogP contribution in [0.2, 0.25) is 0 Å². The molecule has 5 nitrogen and oxygen atoms in total. The summed E-state index contributed by atoms with van der Waals surface area (Å²) in [5.41, 5.74) is 0.497. The predicted molar refractivity (Wildman–Crippen MR) is 64.3 cm³/mol. The summed E-state index contributed by atoms with van der Waals surface area (Å²) >= 11 is 3.21. The average molecular weight is 296 g/mol. The summed E-state index contributed by atoms with van der Waals surface area (Å²) in [7, 11) is 0. The Morgan fingerprint density at radius 2 is 2.24 bits per heavy atom. The van der Waals surface area contributed by atoms with Gasteiger partial charge in [-0.3, -0.25) is 4.79 Å². The van der Waals surface area contributed by atoms with Gasteiger partial charge in [0.25, 0.3) is 5.91 Å². The van der Waals surface area contributed by atoms with Crippen LogP contribution in [0.3, 0.4) is 0 Å². The van der Waals surface area contributed by atoms with Crippen LogP contribution in [0, 0.1) is 6.92 Å². The zero-order chi connectivity index (χ0) is 12.3. The van der Waals surface area contributed by atoms with E-state index in [1.54, 1.807) is 25.3 Å². The largest absolute Gasteiger partial charge is 0.444 e. The van der Waals surface area contributed by atoms with Crippen molar-refractivity contribution in [2.24, 2.45) is 0 Å². The predicted octanol–water partition coefficient (Wildman–Crippen LogP) is 2.07. The van der Waals surface area contributed by atoms with Crippen molar-refractivity contribution in [1.29, 1.82) is 0 Å². The molecule has 0 saturated heterocycles. The fourth-order valence-electron chi connectivity index (χ4n) is 1.25. The number of pyridine rings is 1. The van der Waals surface area contributed by atoms with Crippen molar-refractivity contribution in [1.82, 2.24) is 15.3 Å². The molecule has 0 radical (unpaired) electrons. The molecule has 0 bridgehead atoms. The van der Waals surface area contributed by atoms with Gasteiger partial charge in [0, 0.05) is 6.20 Å². The van der Waals surface area contributed by atoms with Gasteiger partial charge in [0.2, 0.25) is 5.89 Å². The molecule has 2 aromatic heterocycles. The van der Waals surface area contributed by atoms with E-state index < -0.39 is 0 Å². The van der Waals surface area contributed by atoms with E-state index in [4.69, 9.17) is 4.42 Å². The maximum absolute atomic E-state index is 11.7. The molecule has 1 N–H and O–H groups in total. The van der Waals surface area contributed by atoms with E-state index in [9.17, 15) is 4.79 Å². The number of hydrogen-bond acceptors (Lipinski definition) is 4. The SMILES string of the molecule is Cc1cnc(CNC(=O)c2ccc(Br)nc2)o1. The summed E-state index contributed by atoms with van der Waals surface area (Å²) in [6, 6.07) is 3.40. The first kappa shape index (κ1) is 11.8. The van der Waals surface area contributed by atoms with Crippen LogP contribution in [-0.4, -0.2) is 15.9 Å². The quantitative estimate of drug-likeness (QED) is 0.880. The molecule has 0 aliphatic rings. The van der Waals surface area contributed by atoms with Gasteiger partial charge in [-0.2, -0.15) is 0 Å². The van der Waals surface area contributed by atoms with E-state index in [-0.39, 0.29) is 12.5 Å². The molecule has 0 saturated carbocycles. The number of aromatic nitrogens is 2. The number of amides is 1. The van der Waals surface area contributed by atoms with E-state index in [2.05, 4.69) is 31.2 Å². The topological polar surface area (TPSA) is 68.0 Å². The zero-order valence-corrected chi connectivity index (χ0v) is 10.7. The van der Waals surface area contributed by atoms with Gasteiger partial charge in [0.1, 0.15) is 10.4 Å². The second-order valence-electron chi connectivity index (χ2n) is 3.42. The number of hydrogen-bond donors (Lipinski definition) is 1. The monoisotopic (exact) mass is 295 g/mol. The lowest BCUT2D eigenvalue weighted by atomic mass is 10.3. The Hall–Kier alpha value is -1.69. The molecule has 0 aliphatic heterocycles. The van der Waals surface area contributed by atoms with Gasteiger partial charge in [-0.1, -0.05) is 0 Å². The van der Waals surface area contributed by atoms with Crippen LogP contribution in [0.25, 0.3) is 0 Å². The van der Waals surface area contributed by atoms with Crippen LogP contribution < -0.4 is 5.32 Å². The summed E-state index contributed by atoms with van der Waals surface area (Å²) in [6.45, 7) is 2.07. The van der Waals surface area contributed by atoms with Crippen molar-refractivity contribution in [3.05, 3.63) is 46.3 Å². The molecule has 2 heterocycles. The highest BCUT2D eigenvalue weighted by Gasteiger charge is 2.07. The van der Waals surface area contributed by atoms with E-state index in [1.807, 2.05) is 0 Å². The summed E-state index contributed by atoms with van der Waals surface area (Å²) < 4.78 is 5.93. The Balaban J connectivity index is 1.95. The molecule has 6 heteroatoms. The van der Waals surface area contributed by atoms with Crippen molar-refractivity contribution < 1.29 is 9.21 Å². The molecule has 88 valence electrons. The highest BCUT2D eigenvalue weighted by atomic mass is 79.9. The van der Waals surface area contributed by atoms with Crippen LogP contribution in [0.5, 0.6) is 0 Å². The van der Waals surface area contributed by atoms with Gasteiger partial charge < -0.3 is 9.73 Å². The minimum absolute atomic E-state index is 0.208. The Labute approximate surface area is 106 Å². The second-order valence-corrected chi connectivity index (χ2v) is 4.23. The fourth-order valence-corrected chi connectivity index (χ4v) is 1.49. The number of rotatable bonds is 3. The second kappa shape index (κ2) is 5.09. The number of carbonyl (C=O) groups excluding carboxylic acids is 1. The third kappa shape index (κ3) is 3.13. The fraction of sp³-hybridized carbons (Fsp3) is 0.182. The summed E-state index contributed by atoms with van der Waals surface area (Å²) in [5.74, 6) is 1.00. The maximum atomic E-state index is 11.7. The minimum atomic E-state index is -0.208. The molecule has 0 fully saturated rings. The average Bonchev–Trinajstić information content (AvgIpc) is 2.73. The molecular weight excluding hydrogens is 286 g/mol. The normalized spacial score (nSPS) is 10.2. The molecule has 2 rings (SSSR count). The zero-order valence-electron chi connectivity index (χ0n) is 9.11. The molecule has 0 unspecified atom stereocenters. The third-order valence-corrected chi connectivity index (χ3v) is 2.53. The number of nitrogens with one attached hydrogen (secondary N) is 1. The lowest BCUT2D eigenvalue weighted by Crippen LogP contribution is -2.23. The molecule has 0 spiro atoms. The molecule has 0 atom stereocenters. The molecule has 1 amide bonds. The summed E-state index contributed by atoms with van der Waals surface area (Å²) in [5, 5.41) is 2.70. The minimum Gasteiger partial charge on any atom is -0.444 e. The standard InChI is InChI=1S/C11H10BrN3O2/c1-7-4-14-10(17-7)6-15-11(16)8-2-3-9(12)13-5-8/h2-5H,6H2,1H3,(H,15,16). The van der Waals surface area contributed by atoms with Gasteiger partial charge in [-0.15, -0.1) is 0 Å². The number of nitrogens with zero attached hydrogens (tertiary/aromatic N) is 2. The number of halogens is 1. The van der Waals surface area contributed by atoms with Gasteiger partial charge in [0.15, 0.2) is 0 Å². The molecule has 0 aromatic carbocycles. The Morgan fingerprint density at radius 1 is 1.41 bits per heavy atom. The first-order chi connectivity index (χ1) is 8.15. The smallest absolute Gasteiger partial charge is 0.253 e.